The Bertz CT molecular complexity index is 555. The first-order valence-electron chi connectivity index (χ1n) is 8.27. The standard InChI is InChI=1S/C17H23N3O3/c21-16(20-10-6-14(11-20)17(22)23)13-4-8-19(9-5-13)12-15-3-1-2-7-18-15/h1-3,7,13-14H,4-6,8-12H2,(H,22,23)/t14-/m1/s1. The number of likely N-dealkylation sites (tertiary alicyclic amines) is 2. The maximum absolute atomic E-state index is 12.5. The van der Waals surface area contributed by atoms with E-state index in [0.29, 0.717) is 19.5 Å². The second-order valence-electron chi connectivity index (χ2n) is 6.48. The molecule has 6 nitrogen and oxygen atoms in total. The fourth-order valence-corrected chi connectivity index (χ4v) is 3.48. The van der Waals surface area contributed by atoms with E-state index in [2.05, 4.69) is 9.88 Å². The number of amides is 1. The SMILES string of the molecule is O=C(O)[C@@H]1CCN(C(=O)C2CCN(Cc3ccccn3)CC2)C1. The number of carboxylic acid groups (broad SMARTS) is 1. The highest BCUT2D eigenvalue weighted by atomic mass is 16.4. The van der Waals surface area contributed by atoms with E-state index in [4.69, 9.17) is 5.11 Å². The number of piperidine rings is 1. The van der Waals surface area contributed by atoms with Crippen LogP contribution < -0.4 is 0 Å². The summed E-state index contributed by atoms with van der Waals surface area (Å²) in [4.78, 5) is 32.0. The van der Waals surface area contributed by atoms with Gasteiger partial charge in [-0.15, -0.1) is 0 Å². The molecule has 2 aliphatic heterocycles. The van der Waals surface area contributed by atoms with Crippen molar-refractivity contribution in [3.8, 4) is 0 Å². The third-order valence-corrected chi connectivity index (χ3v) is 4.90. The summed E-state index contributed by atoms with van der Waals surface area (Å²) in [5, 5.41) is 9.05. The minimum absolute atomic E-state index is 0.0440. The number of aliphatic carboxylic acids is 1. The molecule has 3 rings (SSSR count). The molecule has 3 heterocycles. The molecule has 124 valence electrons. The van der Waals surface area contributed by atoms with Gasteiger partial charge in [-0.1, -0.05) is 6.07 Å². The molecule has 2 saturated heterocycles. The molecule has 1 aromatic heterocycles. The van der Waals surface area contributed by atoms with Crippen molar-refractivity contribution in [3.63, 3.8) is 0 Å². The predicted octanol–water partition coefficient (Wildman–Crippen LogP) is 1.23. The van der Waals surface area contributed by atoms with Gasteiger partial charge >= 0.3 is 5.97 Å². The molecule has 2 aliphatic rings. The van der Waals surface area contributed by atoms with Crippen LogP contribution in [-0.2, 0) is 16.1 Å². The molecule has 1 amide bonds. The van der Waals surface area contributed by atoms with Gasteiger partial charge in [0.2, 0.25) is 5.91 Å². The first-order valence-corrected chi connectivity index (χ1v) is 8.27. The number of pyridine rings is 1. The van der Waals surface area contributed by atoms with Gasteiger partial charge in [-0.2, -0.15) is 0 Å². The fraction of sp³-hybridized carbons (Fsp3) is 0.588. The van der Waals surface area contributed by atoms with Crippen molar-refractivity contribution in [3.05, 3.63) is 30.1 Å². The van der Waals surface area contributed by atoms with E-state index in [1.807, 2.05) is 18.2 Å². The predicted molar refractivity (Wildman–Crippen MR) is 84.6 cm³/mol. The van der Waals surface area contributed by atoms with Gasteiger partial charge in [0.05, 0.1) is 11.6 Å². The van der Waals surface area contributed by atoms with Gasteiger partial charge in [-0.05, 0) is 44.5 Å². The van der Waals surface area contributed by atoms with Crippen molar-refractivity contribution in [2.24, 2.45) is 11.8 Å². The van der Waals surface area contributed by atoms with Crippen LogP contribution in [0, 0.1) is 11.8 Å². The Labute approximate surface area is 136 Å². The maximum atomic E-state index is 12.5. The van der Waals surface area contributed by atoms with Crippen molar-refractivity contribution in [2.75, 3.05) is 26.2 Å². The third-order valence-electron chi connectivity index (χ3n) is 4.90. The largest absolute Gasteiger partial charge is 0.481 e. The normalized spacial score (nSPS) is 23.1. The lowest BCUT2D eigenvalue weighted by molar-refractivity contribution is -0.141. The van der Waals surface area contributed by atoms with Crippen LogP contribution >= 0.6 is 0 Å². The molecule has 2 fully saturated rings. The van der Waals surface area contributed by atoms with E-state index in [1.165, 1.54) is 0 Å². The van der Waals surface area contributed by atoms with Crippen molar-refractivity contribution in [2.45, 2.75) is 25.8 Å². The molecule has 0 unspecified atom stereocenters. The van der Waals surface area contributed by atoms with Gasteiger partial charge in [-0.25, -0.2) is 0 Å². The summed E-state index contributed by atoms with van der Waals surface area (Å²) in [5.74, 6) is -0.984. The highest BCUT2D eigenvalue weighted by Crippen LogP contribution is 2.24. The second kappa shape index (κ2) is 7.08. The summed E-state index contributed by atoms with van der Waals surface area (Å²) >= 11 is 0. The van der Waals surface area contributed by atoms with Crippen molar-refractivity contribution >= 4 is 11.9 Å². The zero-order chi connectivity index (χ0) is 16.2. The van der Waals surface area contributed by atoms with E-state index in [0.717, 1.165) is 38.2 Å². The van der Waals surface area contributed by atoms with Gasteiger partial charge in [0.1, 0.15) is 0 Å². The van der Waals surface area contributed by atoms with Crippen LogP contribution in [0.15, 0.2) is 24.4 Å². The highest BCUT2D eigenvalue weighted by molar-refractivity contribution is 5.80. The average molecular weight is 317 g/mol. The maximum Gasteiger partial charge on any atom is 0.308 e. The van der Waals surface area contributed by atoms with Crippen molar-refractivity contribution in [1.29, 1.82) is 0 Å². The van der Waals surface area contributed by atoms with Crippen LogP contribution in [0.2, 0.25) is 0 Å². The Morgan fingerprint density at radius 2 is 1.87 bits per heavy atom. The van der Waals surface area contributed by atoms with Crippen molar-refractivity contribution < 1.29 is 14.7 Å². The highest BCUT2D eigenvalue weighted by Gasteiger charge is 2.35. The lowest BCUT2D eigenvalue weighted by atomic mass is 9.95. The molecule has 0 saturated carbocycles. The molecule has 0 aromatic carbocycles. The third kappa shape index (κ3) is 3.88. The summed E-state index contributed by atoms with van der Waals surface area (Å²) < 4.78 is 0. The smallest absolute Gasteiger partial charge is 0.308 e. The van der Waals surface area contributed by atoms with Gasteiger partial charge < -0.3 is 10.0 Å². The number of carboxylic acids is 1. The molecule has 1 atom stereocenters. The molecule has 0 aliphatic carbocycles. The van der Waals surface area contributed by atoms with Gasteiger partial charge in [0, 0.05) is 31.7 Å². The van der Waals surface area contributed by atoms with E-state index < -0.39 is 5.97 Å². The van der Waals surface area contributed by atoms with Crippen LogP contribution in [0.3, 0.4) is 0 Å². The summed E-state index contributed by atoms with van der Waals surface area (Å²) in [6.07, 6.45) is 4.08. The molecule has 0 bridgehead atoms. The van der Waals surface area contributed by atoms with E-state index in [1.54, 1.807) is 11.1 Å². The Balaban J connectivity index is 1.47. The Hall–Kier alpha value is -1.95. The Kier molecular flexibility index (Phi) is 4.91. The monoisotopic (exact) mass is 317 g/mol. The fourth-order valence-electron chi connectivity index (χ4n) is 3.48. The molecule has 1 aromatic rings. The summed E-state index contributed by atoms with van der Waals surface area (Å²) in [7, 11) is 0. The van der Waals surface area contributed by atoms with Crippen LogP contribution in [0.25, 0.3) is 0 Å². The topological polar surface area (TPSA) is 73.7 Å². The Morgan fingerprint density at radius 1 is 1.13 bits per heavy atom. The molecule has 1 N–H and O–H groups in total. The van der Waals surface area contributed by atoms with E-state index in [9.17, 15) is 9.59 Å². The van der Waals surface area contributed by atoms with E-state index in [-0.39, 0.29) is 17.7 Å². The molecule has 0 spiro atoms. The number of hydrogen-bond donors (Lipinski definition) is 1. The first kappa shape index (κ1) is 15.9. The lowest BCUT2D eigenvalue weighted by Crippen LogP contribution is -2.41. The lowest BCUT2D eigenvalue weighted by Gasteiger charge is -2.32. The minimum atomic E-state index is -0.787. The minimum Gasteiger partial charge on any atom is -0.481 e. The van der Waals surface area contributed by atoms with Crippen LogP contribution in [0.5, 0.6) is 0 Å². The number of carbonyl (C=O) groups excluding carboxylic acids is 1. The molecular formula is C17H23N3O3. The van der Waals surface area contributed by atoms with Crippen LogP contribution in [-0.4, -0.2) is 57.9 Å². The molecule has 0 radical (unpaired) electrons. The zero-order valence-corrected chi connectivity index (χ0v) is 13.2. The van der Waals surface area contributed by atoms with E-state index >= 15 is 0 Å². The van der Waals surface area contributed by atoms with Crippen LogP contribution in [0.1, 0.15) is 25.0 Å². The van der Waals surface area contributed by atoms with Crippen LogP contribution in [0.4, 0.5) is 0 Å². The summed E-state index contributed by atoms with van der Waals surface area (Å²) in [6, 6.07) is 5.92. The molecule has 6 heteroatoms. The number of carbonyl (C=O) groups is 2. The van der Waals surface area contributed by atoms with Crippen molar-refractivity contribution in [1.82, 2.24) is 14.8 Å². The zero-order valence-electron chi connectivity index (χ0n) is 13.2. The molecule has 23 heavy (non-hydrogen) atoms. The number of nitrogens with zero attached hydrogens (tertiary/aromatic N) is 3. The first-order chi connectivity index (χ1) is 11.1. The number of hydrogen-bond acceptors (Lipinski definition) is 4. The second-order valence-corrected chi connectivity index (χ2v) is 6.48. The van der Waals surface area contributed by atoms with Gasteiger partial charge in [-0.3, -0.25) is 19.5 Å². The quantitative estimate of drug-likeness (QED) is 0.904. The summed E-state index contributed by atoms with van der Waals surface area (Å²) in [5.41, 5.74) is 1.06. The Morgan fingerprint density at radius 3 is 2.48 bits per heavy atom. The molecular weight excluding hydrogens is 294 g/mol. The van der Waals surface area contributed by atoms with Gasteiger partial charge in [0.25, 0.3) is 0 Å². The average Bonchev–Trinajstić information content (AvgIpc) is 3.06. The number of aromatic nitrogens is 1. The van der Waals surface area contributed by atoms with Gasteiger partial charge in [0.15, 0.2) is 0 Å². The number of rotatable bonds is 4. The summed E-state index contributed by atoms with van der Waals surface area (Å²) in [6.45, 7) is 3.57.